The standard InChI is InChI=1S/C22H20ClN3O3/c1-13(2)29-12-15(27)11-18-16-5-3-4-6-17(16)22(28)26(18)20-10-8-14-7-9-19(23)24-21(14)25-20/h3-10,13,18H,11-12H2,1-2H3. The van der Waals surface area contributed by atoms with Gasteiger partial charge in [-0.25, -0.2) is 9.97 Å². The summed E-state index contributed by atoms with van der Waals surface area (Å²) >= 11 is 6.00. The van der Waals surface area contributed by atoms with Crippen molar-refractivity contribution in [3.05, 3.63) is 64.8 Å². The Morgan fingerprint density at radius 1 is 1.14 bits per heavy atom. The smallest absolute Gasteiger partial charge is 0.260 e. The molecular weight excluding hydrogens is 390 g/mol. The van der Waals surface area contributed by atoms with Crippen LogP contribution in [0.2, 0.25) is 5.15 Å². The van der Waals surface area contributed by atoms with Gasteiger partial charge in [0.1, 0.15) is 17.6 Å². The third-order valence-electron chi connectivity index (χ3n) is 4.83. The van der Waals surface area contributed by atoms with Gasteiger partial charge < -0.3 is 4.74 Å². The Kier molecular flexibility index (Phi) is 5.30. The van der Waals surface area contributed by atoms with Crippen LogP contribution in [0.1, 0.15) is 42.2 Å². The highest BCUT2D eigenvalue weighted by Crippen LogP contribution is 2.39. The summed E-state index contributed by atoms with van der Waals surface area (Å²) in [5.74, 6) is 0.188. The van der Waals surface area contributed by atoms with Crippen LogP contribution in [0.15, 0.2) is 48.5 Å². The van der Waals surface area contributed by atoms with E-state index >= 15 is 0 Å². The van der Waals surface area contributed by atoms with Crippen LogP contribution in [-0.2, 0) is 9.53 Å². The van der Waals surface area contributed by atoms with Gasteiger partial charge in [-0.05, 0) is 49.7 Å². The number of carbonyl (C=O) groups excluding carboxylic acids is 2. The van der Waals surface area contributed by atoms with Gasteiger partial charge in [-0.1, -0.05) is 29.8 Å². The van der Waals surface area contributed by atoms with E-state index in [0.717, 1.165) is 10.9 Å². The van der Waals surface area contributed by atoms with Crippen molar-refractivity contribution in [3.8, 4) is 0 Å². The fraction of sp³-hybridized carbons (Fsp3) is 0.273. The van der Waals surface area contributed by atoms with Crippen LogP contribution in [0.3, 0.4) is 0 Å². The molecule has 3 aromatic rings. The zero-order chi connectivity index (χ0) is 20.5. The monoisotopic (exact) mass is 409 g/mol. The average Bonchev–Trinajstić information content (AvgIpc) is 2.98. The van der Waals surface area contributed by atoms with Crippen LogP contribution < -0.4 is 4.90 Å². The van der Waals surface area contributed by atoms with Gasteiger partial charge >= 0.3 is 0 Å². The number of hydrogen-bond acceptors (Lipinski definition) is 5. The summed E-state index contributed by atoms with van der Waals surface area (Å²) in [6, 6.07) is 14.0. The number of anilines is 1. The quantitative estimate of drug-likeness (QED) is 0.565. The van der Waals surface area contributed by atoms with Crippen molar-refractivity contribution in [1.29, 1.82) is 0 Å². The van der Waals surface area contributed by atoms with E-state index in [1.807, 2.05) is 44.2 Å². The average molecular weight is 410 g/mol. The first kappa shape index (κ1) is 19.5. The number of benzene rings is 1. The lowest BCUT2D eigenvalue weighted by atomic mass is 10.0. The molecule has 1 aliphatic heterocycles. The molecule has 4 rings (SSSR count). The van der Waals surface area contributed by atoms with Crippen molar-refractivity contribution in [2.75, 3.05) is 11.5 Å². The second kappa shape index (κ2) is 7.89. The SMILES string of the molecule is CC(C)OCC(=O)CC1c2ccccc2C(=O)N1c1ccc2ccc(Cl)nc2n1. The number of aromatic nitrogens is 2. The second-order valence-corrected chi connectivity index (χ2v) is 7.62. The third-order valence-corrected chi connectivity index (χ3v) is 5.04. The lowest BCUT2D eigenvalue weighted by molar-refractivity contribution is -0.125. The summed E-state index contributed by atoms with van der Waals surface area (Å²) in [7, 11) is 0. The van der Waals surface area contributed by atoms with Gasteiger partial charge in [0, 0.05) is 17.4 Å². The number of pyridine rings is 2. The van der Waals surface area contributed by atoms with Crippen LogP contribution in [0, 0.1) is 0 Å². The number of hydrogen-bond donors (Lipinski definition) is 0. The summed E-state index contributed by atoms with van der Waals surface area (Å²) in [4.78, 5) is 36.1. The van der Waals surface area contributed by atoms with Gasteiger partial charge in [0.05, 0.1) is 12.1 Å². The fourth-order valence-electron chi connectivity index (χ4n) is 3.49. The van der Waals surface area contributed by atoms with E-state index in [1.165, 1.54) is 0 Å². The molecule has 7 heteroatoms. The van der Waals surface area contributed by atoms with Gasteiger partial charge in [-0.3, -0.25) is 14.5 Å². The van der Waals surface area contributed by atoms with Gasteiger partial charge in [0.25, 0.3) is 5.91 Å². The van der Waals surface area contributed by atoms with Crippen LogP contribution in [-0.4, -0.2) is 34.4 Å². The normalized spacial score (nSPS) is 15.9. The summed E-state index contributed by atoms with van der Waals surface area (Å²) in [6.07, 6.45) is 0.114. The zero-order valence-corrected chi connectivity index (χ0v) is 16.9. The topological polar surface area (TPSA) is 72.4 Å². The molecule has 29 heavy (non-hydrogen) atoms. The van der Waals surface area contributed by atoms with E-state index in [-0.39, 0.29) is 30.8 Å². The molecule has 1 atom stereocenters. The van der Waals surface area contributed by atoms with E-state index in [0.29, 0.717) is 22.2 Å². The van der Waals surface area contributed by atoms with Crippen LogP contribution in [0.4, 0.5) is 5.82 Å². The van der Waals surface area contributed by atoms with Gasteiger partial charge in [0.15, 0.2) is 11.4 Å². The Hall–Kier alpha value is -2.83. The van der Waals surface area contributed by atoms with Gasteiger partial charge in [-0.15, -0.1) is 0 Å². The Balaban J connectivity index is 1.72. The molecule has 0 spiro atoms. The van der Waals surface area contributed by atoms with E-state index in [4.69, 9.17) is 16.3 Å². The first-order valence-electron chi connectivity index (χ1n) is 9.43. The Labute approximate surface area is 173 Å². The predicted molar refractivity (Wildman–Crippen MR) is 111 cm³/mol. The summed E-state index contributed by atoms with van der Waals surface area (Å²) in [6.45, 7) is 3.77. The van der Waals surface area contributed by atoms with Crippen molar-refractivity contribution in [3.63, 3.8) is 0 Å². The molecule has 148 valence electrons. The van der Waals surface area contributed by atoms with Crippen molar-refractivity contribution < 1.29 is 14.3 Å². The van der Waals surface area contributed by atoms with E-state index < -0.39 is 6.04 Å². The van der Waals surface area contributed by atoms with Crippen LogP contribution in [0.25, 0.3) is 11.0 Å². The predicted octanol–water partition coefficient (Wildman–Crippen LogP) is 4.37. The summed E-state index contributed by atoms with van der Waals surface area (Å²) in [5.41, 5.74) is 1.85. The molecule has 0 N–H and O–H groups in total. The third kappa shape index (κ3) is 3.86. The fourth-order valence-corrected chi connectivity index (χ4v) is 3.63. The van der Waals surface area contributed by atoms with Crippen LogP contribution >= 0.6 is 11.6 Å². The summed E-state index contributed by atoms with van der Waals surface area (Å²) < 4.78 is 5.45. The second-order valence-electron chi connectivity index (χ2n) is 7.23. The Morgan fingerprint density at radius 2 is 1.90 bits per heavy atom. The molecule has 1 aromatic carbocycles. The number of fused-ring (bicyclic) bond motifs is 2. The molecule has 1 amide bonds. The number of ketones is 1. The molecule has 0 saturated carbocycles. The molecule has 0 saturated heterocycles. The number of rotatable bonds is 6. The van der Waals surface area contributed by atoms with Crippen LogP contribution in [0.5, 0.6) is 0 Å². The number of halogens is 1. The molecular formula is C22H20ClN3O3. The maximum atomic E-state index is 13.2. The Morgan fingerprint density at radius 3 is 2.69 bits per heavy atom. The minimum absolute atomic E-state index is 0.0146. The maximum Gasteiger partial charge on any atom is 0.260 e. The highest BCUT2D eigenvalue weighted by molar-refractivity contribution is 6.29. The number of amides is 1. The van der Waals surface area contributed by atoms with Gasteiger partial charge in [-0.2, -0.15) is 0 Å². The molecule has 3 heterocycles. The van der Waals surface area contributed by atoms with Crippen molar-refractivity contribution in [2.24, 2.45) is 0 Å². The first-order valence-corrected chi connectivity index (χ1v) is 9.81. The number of Topliss-reactive ketones (excluding diaryl/α,β-unsaturated/α-hetero) is 1. The molecule has 6 nitrogen and oxygen atoms in total. The lowest BCUT2D eigenvalue weighted by Crippen LogP contribution is -2.31. The lowest BCUT2D eigenvalue weighted by Gasteiger charge is -2.24. The van der Waals surface area contributed by atoms with Crippen molar-refractivity contribution in [2.45, 2.75) is 32.4 Å². The molecule has 0 bridgehead atoms. The largest absolute Gasteiger partial charge is 0.371 e. The van der Waals surface area contributed by atoms with E-state index in [2.05, 4.69) is 9.97 Å². The number of carbonyl (C=O) groups is 2. The molecule has 1 aliphatic rings. The molecule has 0 aliphatic carbocycles. The van der Waals surface area contributed by atoms with Gasteiger partial charge in [0.2, 0.25) is 0 Å². The van der Waals surface area contributed by atoms with E-state index in [9.17, 15) is 9.59 Å². The minimum Gasteiger partial charge on any atom is -0.371 e. The first-order chi connectivity index (χ1) is 13.9. The highest BCUT2D eigenvalue weighted by atomic mass is 35.5. The summed E-state index contributed by atoms with van der Waals surface area (Å²) in [5, 5.41) is 1.15. The molecule has 1 unspecified atom stereocenters. The number of ether oxygens (including phenoxy) is 1. The number of nitrogens with zero attached hydrogens (tertiary/aromatic N) is 3. The minimum atomic E-state index is -0.439. The molecule has 0 fully saturated rings. The molecule has 0 radical (unpaired) electrons. The van der Waals surface area contributed by atoms with Crippen molar-refractivity contribution >= 4 is 40.1 Å². The zero-order valence-electron chi connectivity index (χ0n) is 16.1. The molecule has 2 aromatic heterocycles. The Bertz CT molecular complexity index is 1100. The van der Waals surface area contributed by atoms with Crippen molar-refractivity contribution in [1.82, 2.24) is 9.97 Å². The van der Waals surface area contributed by atoms with E-state index in [1.54, 1.807) is 23.1 Å². The maximum absolute atomic E-state index is 13.2. The highest BCUT2D eigenvalue weighted by Gasteiger charge is 2.39.